The summed E-state index contributed by atoms with van der Waals surface area (Å²) in [7, 11) is 0. The molecule has 0 unspecified atom stereocenters. The van der Waals surface area contributed by atoms with Gasteiger partial charge >= 0.3 is 0 Å². The number of nitrogens with zero attached hydrogens (tertiary/aromatic N) is 2. The minimum Gasteiger partial charge on any atom is -0.347 e. The summed E-state index contributed by atoms with van der Waals surface area (Å²) in [4.78, 5) is 15.2. The van der Waals surface area contributed by atoms with Gasteiger partial charge in [-0.05, 0) is 19.8 Å². The van der Waals surface area contributed by atoms with Crippen molar-refractivity contribution in [1.82, 2.24) is 15.5 Å². The highest BCUT2D eigenvalue weighted by molar-refractivity contribution is 5.80. The van der Waals surface area contributed by atoms with Crippen molar-refractivity contribution < 1.29 is 9.32 Å². The van der Waals surface area contributed by atoms with Crippen molar-refractivity contribution in [3.63, 3.8) is 0 Å². The van der Waals surface area contributed by atoms with Crippen molar-refractivity contribution >= 4 is 5.91 Å². The van der Waals surface area contributed by atoms with Crippen LogP contribution in [0.25, 0.3) is 0 Å². The molecule has 1 saturated carbocycles. The summed E-state index contributed by atoms with van der Waals surface area (Å²) in [6, 6.07) is 0. The molecule has 70 valence electrons. The van der Waals surface area contributed by atoms with Crippen LogP contribution in [0, 0.1) is 12.8 Å². The van der Waals surface area contributed by atoms with Crippen LogP contribution < -0.4 is 5.32 Å². The molecule has 0 spiro atoms. The van der Waals surface area contributed by atoms with Crippen LogP contribution in [-0.4, -0.2) is 16.0 Å². The highest BCUT2D eigenvalue weighted by atomic mass is 16.5. The van der Waals surface area contributed by atoms with E-state index >= 15 is 0 Å². The van der Waals surface area contributed by atoms with Gasteiger partial charge in [-0.2, -0.15) is 4.98 Å². The normalized spacial score (nSPS) is 15.8. The van der Waals surface area contributed by atoms with Crippen LogP contribution in [0.15, 0.2) is 4.52 Å². The van der Waals surface area contributed by atoms with E-state index < -0.39 is 0 Å². The predicted octanol–water partition coefficient (Wildman–Crippen LogP) is 0.404. The van der Waals surface area contributed by atoms with E-state index in [-0.39, 0.29) is 11.8 Å². The topological polar surface area (TPSA) is 68.0 Å². The highest BCUT2D eigenvalue weighted by Crippen LogP contribution is 2.28. The second-order valence-electron chi connectivity index (χ2n) is 3.23. The van der Waals surface area contributed by atoms with E-state index in [9.17, 15) is 4.79 Å². The maximum absolute atomic E-state index is 11.2. The third-order valence-electron chi connectivity index (χ3n) is 1.93. The Balaban J connectivity index is 1.81. The quantitative estimate of drug-likeness (QED) is 0.733. The molecule has 0 saturated heterocycles. The van der Waals surface area contributed by atoms with Crippen LogP contribution >= 0.6 is 0 Å². The first-order valence-electron chi connectivity index (χ1n) is 4.32. The lowest BCUT2D eigenvalue weighted by Gasteiger charge is -1.98. The van der Waals surface area contributed by atoms with Crippen LogP contribution in [0.1, 0.15) is 24.6 Å². The molecule has 1 aromatic rings. The van der Waals surface area contributed by atoms with Gasteiger partial charge in [0.15, 0.2) is 5.82 Å². The first-order valence-corrected chi connectivity index (χ1v) is 4.32. The zero-order chi connectivity index (χ0) is 9.26. The number of hydrogen-bond acceptors (Lipinski definition) is 4. The zero-order valence-electron chi connectivity index (χ0n) is 7.41. The standard InChI is InChI=1S/C8H11N3O2/c1-5-10-7(13-11-5)4-9-8(12)6-2-3-6/h6H,2-4H2,1H3,(H,9,12). The molecule has 1 N–H and O–H groups in total. The van der Waals surface area contributed by atoms with E-state index in [2.05, 4.69) is 15.5 Å². The average molecular weight is 181 g/mol. The Morgan fingerprint density at radius 3 is 3.00 bits per heavy atom. The maximum atomic E-state index is 11.2. The van der Waals surface area contributed by atoms with Gasteiger partial charge in [-0.25, -0.2) is 0 Å². The van der Waals surface area contributed by atoms with Crippen LogP contribution in [0.2, 0.25) is 0 Å². The first-order chi connectivity index (χ1) is 6.25. The number of hydrogen-bond donors (Lipinski definition) is 1. The molecule has 1 aliphatic rings. The molecule has 1 amide bonds. The SMILES string of the molecule is Cc1noc(CNC(=O)C2CC2)n1. The molecule has 5 heteroatoms. The number of amides is 1. The van der Waals surface area contributed by atoms with Crippen molar-refractivity contribution in [3.05, 3.63) is 11.7 Å². The Labute approximate surface area is 75.5 Å². The Bertz CT molecular complexity index is 317. The lowest BCUT2D eigenvalue weighted by atomic mass is 10.4. The highest BCUT2D eigenvalue weighted by Gasteiger charge is 2.29. The molecule has 0 atom stereocenters. The summed E-state index contributed by atoms with van der Waals surface area (Å²) in [5.41, 5.74) is 0. The number of rotatable bonds is 3. The second kappa shape index (κ2) is 3.16. The van der Waals surface area contributed by atoms with Crippen molar-refractivity contribution in [2.75, 3.05) is 0 Å². The van der Waals surface area contributed by atoms with Crippen LogP contribution in [0.3, 0.4) is 0 Å². The van der Waals surface area contributed by atoms with Gasteiger partial charge in [0.1, 0.15) is 0 Å². The maximum Gasteiger partial charge on any atom is 0.246 e. The van der Waals surface area contributed by atoms with Gasteiger partial charge in [-0.1, -0.05) is 5.16 Å². The summed E-state index contributed by atoms with van der Waals surface area (Å²) in [6.07, 6.45) is 2.02. The van der Waals surface area contributed by atoms with Crippen LogP contribution in [0.4, 0.5) is 0 Å². The van der Waals surface area contributed by atoms with Crippen molar-refractivity contribution in [2.24, 2.45) is 5.92 Å². The Morgan fingerprint density at radius 1 is 1.69 bits per heavy atom. The van der Waals surface area contributed by atoms with Crippen LogP contribution in [-0.2, 0) is 11.3 Å². The molecule has 1 heterocycles. The Kier molecular flexibility index (Phi) is 2.00. The summed E-state index contributed by atoms with van der Waals surface area (Å²) < 4.78 is 4.84. The number of carbonyl (C=O) groups excluding carboxylic acids is 1. The largest absolute Gasteiger partial charge is 0.347 e. The van der Waals surface area contributed by atoms with E-state index in [1.54, 1.807) is 6.92 Å². The summed E-state index contributed by atoms with van der Waals surface area (Å²) in [5, 5.41) is 6.36. The lowest BCUT2D eigenvalue weighted by Crippen LogP contribution is -2.24. The van der Waals surface area contributed by atoms with Gasteiger partial charge in [0, 0.05) is 5.92 Å². The van der Waals surface area contributed by atoms with Gasteiger partial charge in [0.25, 0.3) is 0 Å². The fourth-order valence-corrected chi connectivity index (χ4v) is 1.06. The van der Waals surface area contributed by atoms with E-state index in [0.717, 1.165) is 12.8 Å². The van der Waals surface area contributed by atoms with Crippen LogP contribution in [0.5, 0.6) is 0 Å². The van der Waals surface area contributed by atoms with Gasteiger partial charge < -0.3 is 9.84 Å². The molecule has 0 radical (unpaired) electrons. The molecule has 0 aliphatic heterocycles. The summed E-state index contributed by atoms with van der Waals surface area (Å²) in [5.74, 6) is 1.38. The Morgan fingerprint density at radius 2 is 2.46 bits per heavy atom. The van der Waals surface area contributed by atoms with E-state index in [4.69, 9.17) is 4.52 Å². The van der Waals surface area contributed by atoms with E-state index in [1.165, 1.54) is 0 Å². The number of aromatic nitrogens is 2. The summed E-state index contributed by atoms with van der Waals surface area (Å²) in [6.45, 7) is 2.09. The average Bonchev–Trinajstić information content (AvgIpc) is 2.87. The van der Waals surface area contributed by atoms with Gasteiger partial charge in [0.05, 0.1) is 6.54 Å². The zero-order valence-corrected chi connectivity index (χ0v) is 7.41. The molecular weight excluding hydrogens is 170 g/mol. The third-order valence-corrected chi connectivity index (χ3v) is 1.93. The molecule has 5 nitrogen and oxygen atoms in total. The number of aryl methyl sites for hydroxylation is 1. The van der Waals surface area contributed by atoms with E-state index in [1.807, 2.05) is 0 Å². The lowest BCUT2D eigenvalue weighted by molar-refractivity contribution is -0.122. The molecule has 0 bridgehead atoms. The molecule has 13 heavy (non-hydrogen) atoms. The minimum absolute atomic E-state index is 0.0934. The second-order valence-corrected chi connectivity index (χ2v) is 3.23. The predicted molar refractivity (Wildman–Crippen MR) is 43.6 cm³/mol. The molecule has 2 rings (SSSR count). The molecule has 1 aliphatic carbocycles. The van der Waals surface area contributed by atoms with E-state index in [0.29, 0.717) is 18.3 Å². The fraction of sp³-hybridized carbons (Fsp3) is 0.625. The summed E-state index contributed by atoms with van der Waals surface area (Å²) >= 11 is 0. The number of carbonyl (C=O) groups is 1. The van der Waals surface area contributed by atoms with Crippen molar-refractivity contribution in [3.8, 4) is 0 Å². The van der Waals surface area contributed by atoms with Crippen molar-refractivity contribution in [2.45, 2.75) is 26.3 Å². The monoisotopic (exact) mass is 181 g/mol. The minimum atomic E-state index is 0.0934. The van der Waals surface area contributed by atoms with Gasteiger partial charge in [0.2, 0.25) is 11.8 Å². The Hall–Kier alpha value is -1.39. The van der Waals surface area contributed by atoms with Gasteiger partial charge in [-0.15, -0.1) is 0 Å². The molecular formula is C8H11N3O2. The van der Waals surface area contributed by atoms with Crippen molar-refractivity contribution in [1.29, 1.82) is 0 Å². The molecule has 1 aromatic heterocycles. The molecule has 0 aromatic carbocycles. The molecule has 1 fully saturated rings. The first kappa shape index (κ1) is 8.22. The smallest absolute Gasteiger partial charge is 0.246 e. The third kappa shape index (κ3) is 2.05. The fourth-order valence-electron chi connectivity index (χ4n) is 1.06. The van der Waals surface area contributed by atoms with Gasteiger partial charge in [-0.3, -0.25) is 4.79 Å². The number of nitrogens with one attached hydrogen (secondary N) is 1.